The first-order chi connectivity index (χ1) is 35.2. The van der Waals surface area contributed by atoms with E-state index in [2.05, 4.69) is 112 Å². The van der Waals surface area contributed by atoms with E-state index in [1.807, 2.05) is 6.08 Å². The fourth-order valence-corrected chi connectivity index (χ4v) is 8.07. The molecule has 2 N–H and O–H groups in total. The predicted octanol–water partition coefficient (Wildman–Crippen LogP) is 16.5. The van der Waals surface area contributed by atoms with Gasteiger partial charge < -0.3 is 24.2 Å². The summed E-state index contributed by atoms with van der Waals surface area (Å²) in [5, 5.41) is 9.80. The third-order valence-electron chi connectivity index (χ3n) is 11.5. The lowest BCUT2D eigenvalue weighted by Crippen LogP contribution is -2.30. The molecule has 11 nitrogen and oxygen atoms in total. The number of aliphatic hydroxyl groups excluding tert-OH is 1. The minimum atomic E-state index is -4.77. The van der Waals surface area contributed by atoms with Crippen LogP contribution in [0.25, 0.3) is 0 Å². The van der Waals surface area contributed by atoms with Crippen molar-refractivity contribution in [3.63, 3.8) is 0 Å². The number of esters is 3. The Labute approximate surface area is 438 Å². The normalized spacial score (nSPS) is 14.1. The highest BCUT2D eigenvalue weighted by Gasteiger charge is 2.28. The van der Waals surface area contributed by atoms with Crippen LogP contribution >= 0.6 is 7.82 Å². The zero-order chi connectivity index (χ0) is 52.7. The monoisotopic (exact) mass is 1030 g/mol. The van der Waals surface area contributed by atoms with E-state index in [1.165, 1.54) is 57.8 Å². The number of allylic oxidation sites excluding steroid dienone is 16. The van der Waals surface area contributed by atoms with Crippen molar-refractivity contribution in [2.45, 2.75) is 238 Å². The number of phosphoric ester groups is 1. The van der Waals surface area contributed by atoms with E-state index in [4.69, 9.17) is 23.3 Å². The number of unbranched alkanes of at least 4 members (excludes halogenated alkanes) is 18. The number of aliphatic hydroxyl groups is 1. The van der Waals surface area contributed by atoms with Crippen LogP contribution in [0.4, 0.5) is 0 Å². The molecule has 0 saturated carbocycles. The highest BCUT2D eigenvalue weighted by atomic mass is 31.2. The molecule has 0 rings (SSSR count). The van der Waals surface area contributed by atoms with Crippen LogP contribution in [0.15, 0.2) is 97.2 Å². The first kappa shape index (κ1) is 68.4. The van der Waals surface area contributed by atoms with E-state index in [0.717, 1.165) is 103 Å². The van der Waals surface area contributed by atoms with Gasteiger partial charge in [0.05, 0.1) is 19.8 Å². The molecule has 72 heavy (non-hydrogen) atoms. The third kappa shape index (κ3) is 51.3. The van der Waals surface area contributed by atoms with Crippen molar-refractivity contribution in [1.82, 2.24) is 0 Å². The van der Waals surface area contributed by atoms with Crippen LogP contribution in [0.1, 0.15) is 226 Å². The number of hydrogen-bond acceptors (Lipinski definition) is 10. The highest BCUT2D eigenvalue weighted by Crippen LogP contribution is 2.43. The maximum atomic E-state index is 12.9. The molecule has 0 fully saturated rings. The maximum absolute atomic E-state index is 12.9. The van der Waals surface area contributed by atoms with Gasteiger partial charge >= 0.3 is 25.7 Å². The number of phosphoric acid groups is 1. The number of carbonyl (C=O) groups excluding carboxylic acids is 3. The Morgan fingerprint density at radius 3 is 1.15 bits per heavy atom. The summed E-state index contributed by atoms with van der Waals surface area (Å²) in [6.07, 6.45) is 62.3. The van der Waals surface area contributed by atoms with Crippen LogP contribution in [-0.2, 0) is 42.2 Å². The fraction of sp³-hybridized carbons (Fsp3) is 0.683. The highest BCUT2D eigenvalue weighted by molar-refractivity contribution is 7.47. The van der Waals surface area contributed by atoms with Crippen LogP contribution < -0.4 is 0 Å². The number of carbonyl (C=O) groups is 3. The van der Waals surface area contributed by atoms with E-state index in [0.29, 0.717) is 25.7 Å². The van der Waals surface area contributed by atoms with Crippen molar-refractivity contribution in [2.24, 2.45) is 0 Å². The first-order valence-electron chi connectivity index (χ1n) is 28.1. The fourth-order valence-electron chi connectivity index (χ4n) is 7.29. The topological polar surface area (TPSA) is 155 Å². The molecule has 0 aromatic heterocycles. The molecule has 0 aliphatic heterocycles. The maximum Gasteiger partial charge on any atom is 0.472 e. The summed E-state index contributed by atoms with van der Waals surface area (Å²) in [6, 6.07) is 0. The Bertz CT molecular complexity index is 1580. The molecule has 0 aromatic carbocycles. The summed E-state index contributed by atoms with van der Waals surface area (Å²) in [5.74, 6) is -1.56. The Kier molecular flexibility index (Phi) is 51.0. The number of ether oxygens (including phenoxy) is 3. The second kappa shape index (κ2) is 53.7. The average molecular weight is 1030 g/mol. The van der Waals surface area contributed by atoms with Gasteiger partial charge in [-0.1, -0.05) is 214 Å². The van der Waals surface area contributed by atoms with Crippen molar-refractivity contribution in [1.29, 1.82) is 0 Å². The molecule has 0 radical (unpaired) electrons. The molecule has 0 bridgehead atoms. The third-order valence-corrected chi connectivity index (χ3v) is 12.5. The van der Waals surface area contributed by atoms with Crippen LogP contribution in [0.5, 0.6) is 0 Å². The minimum Gasteiger partial charge on any atom is -0.462 e. The average Bonchev–Trinajstić information content (AvgIpc) is 3.37. The molecular formula is C60H101O11P. The Balaban J connectivity index is 4.84. The Morgan fingerprint density at radius 1 is 0.403 bits per heavy atom. The second-order valence-corrected chi connectivity index (χ2v) is 19.8. The van der Waals surface area contributed by atoms with Crippen molar-refractivity contribution in [3.05, 3.63) is 97.2 Å². The zero-order valence-corrected chi connectivity index (χ0v) is 46.3. The lowest BCUT2D eigenvalue weighted by molar-refractivity contribution is -0.161. The molecule has 0 saturated heterocycles. The van der Waals surface area contributed by atoms with Crippen molar-refractivity contribution in [2.75, 3.05) is 26.4 Å². The zero-order valence-electron chi connectivity index (χ0n) is 45.4. The molecule has 12 heteroatoms. The lowest BCUT2D eigenvalue weighted by atomic mass is 10.0. The number of rotatable bonds is 51. The molecule has 0 aromatic rings. The van der Waals surface area contributed by atoms with Gasteiger partial charge in [-0.05, 0) is 89.9 Å². The van der Waals surface area contributed by atoms with Crippen molar-refractivity contribution in [3.8, 4) is 0 Å². The summed E-state index contributed by atoms with van der Waals surface area (Å²) < 4.78 is 39.4. The molecule has 0 spiro atoms. The van der Waals surface area contributed by atoms with Gasteiger partial charge in [0.2, 0.25) is 0 Å². The standard InChI is InChI=1S/C60H101O11P/c1-4-7-10-13-16-19-22-25-27-28-30-32-34-37-40-43-46-49-58(62)67-53-57(71-60(64)51-48-45-42-39-36-33-29-26-23-20-17-14-11-8-5-2)55-69-72(65,66)68-54-56(52-61)70-59(63)50-47-44-41-38-35-31-24-21-18-15-12-9-6-3/h7-8,10-11,16-17,19-20,25-27,29-30,32,37,40,56-57,61H,4-6,9,12-15,18,21-24,28,31,33-36,38-39,41-55H2,1-3H3,(H,65,66)/b10-7-,11-8-,19-16-,20-17-,27-25-,29-26-,32-30-,40-37-. The van der Waals surface area contributed by atoms with Gasteiger partial charge in [-0.3, -0.25) is 23.4 Å². The summed E-state index contributed by atoms with van der Waals surface area (Å²) >= 11 is 0. The summed E-state index contributed by atoms with van der Waals surface area (Å²) in [5.41, 5.74) is 0. The molecule has 0 amide bonds. The summed E-state index contributed by atoms with van der Waals surface area (Å²) in [6.45, 7) is 4.33. The van der Waals surface area contributed by atoms with E-state index >= 15 is 0 Å². The van der Waals surface area contributed by atoms with Crippen LogP contribution in [-0.4, -0.2) is 66.5 Å². The molecular weight excluding hydrogens is 928 g/mol. The SMILES string of the molecule is CC/C=C\C/C=C\C/C=C\C/C=C\C/C=C\CCCC(=O)OCC(COP(=O)(O)OCC(CO)OC(=O)CCCCCCCCCCCCCCC)OC(=O)CCCCCCC/C=C\C/C=C\C/C=C\CC. The Morgan fingerprint density at radius 2 is 0.736 bits per heavy atom. The second-order valence-electron chi connectivity index (χ2n) is 18.3. The minimum absolute atomic E-state index is 0.132. The van der Waals surface area contributed by atoms with Gasteiger partial charge in [-0.15, -0.1) is 0 Å². The van der Waals surface area contributed by atoms with Crippen LogP contribution in [0.3, 0.4) is 0 Å². The smallest absolute Gasteiger partial charge is 0.462 e. The van der Waals surface area contributed by atoms with Gasteiger partial charge in [0.15, 0.2) is 6.10 Å². The van der Waals surface area contributed by atoms with Gasteiger partial charge in [0.25, 0.3) is 0 Å². The van der Waals surface area contributed by atoms with Gasteiger partial charge in [-0.2, -0.15) is 0 Å². The molecule has 0 aliphatic carbocycles. The largest absolute Gasteiger partial charge is 0.472 e. The lowest BCUT2D eigenvalue weighted by Gasteiger charge is -2.21. The molecule has 3 atom stereocenters. The van der Waals surface area contributed by atoms with Crippen LogP contribution in [0.2, 0.25) is 0 Å². The molecule has 0 aliphatic rings. The summed E-state index contributed by atoms with van der Waals surface area (Å²) in [7, 11) is -4.77. The summed E-state index contributed by atoms with van der Waals surface area (Å²) in [4.78, 5) is 48.5. The molecule has 412 valence electrons. The van der Waals surface area contributed by atoms with Gasteiger partial charge in [0, 0.05) is 19.3 Å². The van der Waals surface area contributed by atoms with E-state index < -0.39 is 57.8 Å². The van der Waals surface area contributed by atoms with E-state index in [9.17, 15) is 28.9 Å². The Hall–Kier alpha value is -3.60. The molecule has 3 unspecified atom stereocenters. The van der Waals surface area contributed by atoms with Gasteiger partial charge in [-0.25, -0.2) is 4.57 Å². The van der Waals surface area contributed by atoms with E-state index in [1.54, 1.807) is 0 Å². The quantitative estimate of drug-likeness (QED) is 0.0197. The van der Waals surface area contributed by atoms with E-state index in [-0.39, 0.29) is 25.9 Å². The van der Waals surface area contributed by atoms with Crippen molar-refractivity contribution < 1.29 is 52.2 Å². The first-order valence-corrected chi connectivity index (χ1v) is 29.6. The predicted molar refractivity (Wildman–Crippen MR) is 297 cm³/mol. The van der Waals surface area contributed by atoms with Crippen LogP contribution in [0, 0.1) is 0 Å². The van der Waals surface area contributed by atoms with Gasteiger partial charge in [0.1, 0.15) is 12.7 Å². The number of hydrogen-bond donors (Lipinski definition) is 2. The molecule has 0 heterocycles. The van der Waals surface area contributed by atoms with Crippen molar-refractivity contribution >= 4 is 25.7 Å².